The van der Waals surface area contributed by atoms with Crippen LogP contribution in [0.5, 0.6) is 0 Å². The topological polar surface area (TPSA) is 70.6 Å². The largest absolute Gasteiger partial charge is 0.325 e. The molecule has 2 amide bonds. The summed E-state index contributed by atoms with van der Waals surface area (Å²) < 4.78 is 0. The number of rotatable bonds is 3. The summed E-state index contributed by atoms with van der Waals surface area (Å²) in [4.78, 5) is 29.1. The van der Waals surface area contributed by atoms with E-state index in [9.17, 15) is 9.59 Å². The number of aliphatic imine (C=N–C) groups is 1. The van der Waals surface area contributed by atoms with Gasteiger partial charge in [-0.1, -0.05) is 30.0 Å². The normalized spacial score (nSPS) is 18.5. The molecule has 2 aromatic carbocycles. The van der Waals surface area contributed by atoms with Crippen LogP contribution in [0.3, 0.4) is 0 Å². The predicted octanol–water partition coefficient (Wildman–Crippen LogP) is 3.86. The van der Waals surface area contributed by atoms with Gasteiger partial charge in [0.25, 0.3) is 0 Å². The molecule has 6 heteroatoms. The van der Waals surface area contributed by atoms with Gasteiger partial charge in [-0.15, -0.1) is 0 Å². The summed E-state index contributed by atoms with van der Waals surface area (Å²) in [7, 11) is 0. The van der Waals surface area contributed by atoms with Crippen molar-refractivity contribution in [3.05, 3.63) is 59.2 Å². The third-order valence-electron chi connectivity index (χ3n) is 4.17. The van der Waals surface area contributed by atoms with Crippen molar-refractivity contribution in [1.29, 1.82) is 0 Å². The molecule has 0 spiro atoms. The number of anilines is 1. The van der Waals surface area contributed by atoms with Crippen LogP contribution in [-0.4, -0.2) is 22.2 Å². The first-order valence-electron chi connectivity index (χ1n) is 8.41. The van der Waals surface area contributed by atoms with E-state index in [0.29, 0.717) is 5.17 Å². The van der Waals surface area contributed by atoms with Crippen LogP contribution in [0.4, 0.5) is 11.4 Å². The zero-order valence-electron chi connectivity index (χ0n) is 15.0. The summed E-state index contributed by atoms with van der Waals surface area (Å²) in [5, 5.41) is 5.58. The average Bonchev–Trinajstić information content (AvgIpc) is 2.58. The number of benzene rings is 2. The smallest absolute Gasteiger partial charge is 0.238 e. The van der Waals surface area contributed by atoms with Gasteiger partial charge in [0, 0.05) is 12.1 Å². The predicted molar refractivity (Wildman–Crippen MR) is 107 cm³/mol. The lowest BCUT2D eigenvalue weighted by atomic mass is 10.1. The van der Waals surface area contributed by atoms with Crippen molar-refractivity contribution in [2.24, 2.45) is 4.99 Å². The Morgan fingerprint density at radius 1 is 1.15 bits per heavy atom. The maximum atomic E-state index is 12.6. The monoisotopic (exact) mass is 367 g/mol. The van der Waals surface area contributed by atoms with E-state index in [2.05, 4.69) is 15.6 Å². The van der Waals surface area contributed by atoms with E-state index < -0.39 is 5.25 Å². The molecular weight excluding hydrogens is 346 g/mol. The molecule has 26 heavy (non-hydrogen) atoms. The van der Waals surface area contributed by atoms with E-state index in [1.165, 1.54) is 17.3 Å². The number of nitrogens with zero attached hydrogens (tertiary/aromatic N) is 1. The quantitative estimate of drug-likeness (QED) is 0.865. The van der Waals surface area contributed by atoms with Crippen LogP contribution in [0.25, 0.3) is 0 Å². The molecule has 0 unspecified atom stereocenters. The summed E-state index contributed by atoms with van der Waals surface area (Å²) in [6, 6.07) is 13.4. The molecule has 1 atom stereocenters. The summed E-state index contributed by atoms with van der Waals surface area (Å²) in [6.07, 6.45) is 0.133. The number of amidine groups is 1. The highest BCUT2D eigenvalue weighted by molar-refractivity contribution is 8.15. The van der Waals surface area contributed by atoms with Gasteiger partial charge in [-0.3, -0.25) is 9.59 Å². The lowest BCUT2D eigenvalue weighted by molar-refractivity contribution is -0.123. The van der Waals surface area contributed by atoms with Crippen LogP contribution in [0.1, 0.15) is 23.1 Å². The Morgan fingerprint density at radius 2 is 1.96 bits per heavy atom. The SMILES string of the molecule is Cc1cccc(NC(=O)[C@H]2CC(=O)NC(=Nc3ccc(C)c(C)c3)S2)c1. The highest BCUT2D eigenvalue weighted by Gasteiger charge is 2.30. The Hall–Kier alpha value is -2.60. The highest BCUT2D eigenvalue weighted by atomic mass is 32.2. The van der Waals surface area contributed by atoms with Crippen LogP contribution in [-0.2, 0) is 9.59 Å². The lowest BCUT2D eigenvalue weighted by Crippen LogP contribution is -2.41. The Balaban J connectivity index is 1.74. The second-order valence-corrected chi connectivity index (χ2v) is 7.59. The number of aryl methyl sites for hydroxylation is 3. The summed E-state index contributed by atoms with van der Waals surface area (Å²) in [5.41, 5.74) is 4.87. The first kappa shape index (κ1) is 18.2. The number of thioether (sulfide) groups is 1. The molecule has 134 valence electrons. The van der Waals surface area contributed by atoms with Gasteiger partial charge in [0.1, 0.15) is 5.25 Å². The minimum absolute atomic E-state index is 0.133. The Bertz CT molecular complexity index is 892. The van der Waals surface area contributed by atoms with Gasteiger partial charge in [-0.05, 0) is 61.7 Å². The van der Waals surface area contributed by atoms with Gasteiger partial charge < -0.3 is 10.6 Å². The zero-order chi connectivity index (χ0) is 18.7. The van der Waals surface area contributed by atoms with Gasteiger partial charge in [-0.2, -0.15) is 0 Å². The van der Waals surface area contributed by atoms with Gasteiger partial charge in [0.05, 0.1) is 5.69 Å². The molecule has 5 nitrogen and oxygen atoms in total. The molecule has 1 saturated heterocycles. The fourth-order valence-electron chi connectivity index (χ4n) is 2.60. The molecule has 2 N–H and O–H groups in total. The Kier molecular flexibility index (Phi) is 5.42. The molecular formula is C20H21N3O2S. The van der Waals surface area contributed by atoms with Crippen molar-refractivity contribution in [3.8, 4) is 0 Å². The number of nitrogens with one attached hydrogen (secondary N) is 2. The standard InChI is InChI=1S/C20H21N3O2S/c1-12-5-4-6-15(9-12)21-19(25)17-11-18(24)23-20(26-17)22-16-8-7-13(2)14(3)10-16/h4-10,17H,11H2,1-3H3,(H,21,25)(H,22,23,24)/t17-/m1/s1. The summed E-state index contributed by atoms with van der Waals surface area (Å²) in [5.74, 6) is -0.390. The highest BCUT2D eigenvalue weighted by Crippen LogP contribution is 2.26. The molecule has 0 saturated carbocycles. The Labute approximate surface area is 157 Å². The second kappa shape index (κ2) is 7.74. The van der Waals surface area contributed by atoms with E-state index in [0.717, 1.165) is 22.5 Å². The van der Waals surface area contributed by atoms with Gasteiger partial charge >= 0.3 is 0 Å². The molecule has 0 radical (unpaired) electrons. The molecule has 2 aromatic rings. The summed E-state index contributed by atoms with van der Waals surface area (Å²) in [6.45, 7) is 6.02. The maximum absolute atomic E-state index is 12.6. The third kappa shape index (κ3) is 4.52. The third-order valence-corrected chi connectivity index (χ3v) is 5.25. The lowest BCUT2D eigenvalue weighted by Gasteiger charge is -2.22. The van der Waals surface area contributed by atoms with E-state index in [1.54, 1.807) is 0 Å². The number of hydrogen-bond acceptors (Lipinski definition) is 4. The van der Waals surface area contributed by atoms with Crippen molar-refractivity contribution in [3.63, 3.8) is 0 Å². The zero-order valence-corrected chi connectivity index (χ0v) is 15.8. The van der Waals surface area contributed by atoms with Crippen LogP contribution in [0, 0.1) is 20.8 Å². The van der Waals surface area contributed by atoms with Crippen molar-refractivity contribution in [1.82, 2.24) is 5.32 Å². The molecule has 0 aromatic heterocycles. The van der Waals surface area contributed by atoms with Crippen molar-refractivity contribution < 1.29 is 9.59 Å². The van der Waals surface area contributed by atoms with Gasteiger partial charge in [0.2, 0.25) is 11.8 Å². The van der Waals surface area contributed by atoms with Crippen molar-refractivity contribution in [2.45, 2.75) is 32.4 Å². The first-order chi connectivity index (χ1) is 12.4. The van der Waals surface area contributed by atoms with E-state index in [4.69, 9.17) is 0 Å². The molecule has 0 aliphatic carbocycles. The molecule has 1 heterocycles. The fraction of sp³-hybridized carbons (Fsp3) is 0.250. The van der Waals surface area contributed by atoms with Crippen LogP contribution in [0.2, 0.25) is 0 Å². The van der Waals surface area contributed by atoms with Crippen LogP contribution < -0.4 is 10.6 Å². The molecule has 1 fully saturated rings. The van der Waals surface area contributed by atoms with E-state index in [-0.39, 0.29) is 18.2 Å². The van der Waals surface area contributed by atoms with Crippen LogP contribution >= 0.6 is 11.8 Å². The number of carbonyl (C=O) groups is 2. The first-order valence-corrected chi connectivity index (χ1v) is 9.28. The minimum Gasteiger partial charge on any atom is -0.325 e. The van der Waals surface area contributed by atoms with Crippen LogP contribution in [0.15, 0.2) is 47.5 Å². The second-order valence-electron chi connectivity index (χ2n) is 6.40. The van der Waals surface area contributed by atoms with Crippen molar-refractivity contribution in [2.75, 3.05) is 5.32 Å². The minimum atomic E-state index is -0.505. The van der Waals surface area contributed by atoms with Crippen molar-refractivity contribution >= 4 is 40.1 Å². The average molecular weight is 367 g/mol. The van der Waals surface area contributed by atoms with E-state index >= 15 is 0 Å². The molecule has 0 bridgehead atoms. The van der Waals surface area contributed by atoms with Gasteiger partial charge in [-0.25, -0.2) is 4.99 Å². The fourth-order valence-corrected chi connectivity index (χ4v) is 3.60. The number of hydrogen-bond donors (Lipinski definition) is 2. The molecule has 1 aliphatic rings. The summed E-state index contributed by atoms with van der Waals surface area (Å²) >= 11 is 1.28. The molecule has 3 rings (SSSR count). The van der Waals surface area contributed by atoms with Gasteiger partial charge in [0.15, 0.2) is 5.17 Å². The maximum Gasteiger partial charge on any atom is 0.238 e. The number of carbonyl (C=O) groups excluding carboxylic acids is 2. The molecule has 1 aliphatic heterocycles. The van der Waals surface area contributed by atoms with E-state index in [1.807, 2.05) is 63.2 Å². The number of amides is 2. The Morgan fingerprint density at radius 3 is 2.69 bits per heavy atom.